The first kappa shape index (κ1) is 16.2. The molecule has 0 saturated carbocycles. The van der Waals surface area contributed by atoms with Crippen molar-refractivity contribution in [3.05, 3.63) is 24.3 Å². The zero-order chi connectivity index (χ0) is 15.9. The van der Waals surface area contributed by atoms with Crippen molar-refractivity contribution in [1.82, 2.24) is 4.90 Å². The third-order valence-corrected chi connectivity index (χ3v) is 3.56. The minimum Gasteiger partial charge on any atom is -0.435 e. The van der Waals surface area contributed by atoms with Crippen LogP contribution in [0.5, 0.6) is 5.75 Å². The predicted octanol–water partition coefficient (Wildman–Crippen LogP) is 2.71. The van der Waals surface area contributed by atoms with Gasteiger partial charge in [-0.2, -0.15) is 8.78 Å². The molecule has 1 saturated heterocycles. The Hall–Kier alpha value is -2.13. The Labute approximate surface area is 128 Å². The zero-order valence-electron chi connectivity index (χ0n) is 12.1. The molecular weight excluding hydrogens is 290 g/mol. The number of benzene rings is 1. The van der Waals surface area contributed by atoms with Gasteiger partial charge in [-0.15, -0.1) is 6.42 Å². The Bertz CT molecular complexity index is 540. The van der Waals surface area contributed by atoms with Crippen LogP contribution in [0.3, 0.4) is 0 Å². The van der Waals surface area contributed by atoms with E-state index in [9.17, 15) is 13.6 Å². The number of alkyl halides is 2. The van der Waals surface area contributed by atoms with Gasteiger partial charge in [0.2, 0.25) is 5.91 Å². The number of carbonyl (C=O) groups excluding carboxylic acids is 1. The average molecular weight is 308 g/mol. The van der Waals surface area contributed by atoms with Crippen LogP contribution in [0, 0.1) is 12.3 Å². The van der Waals surface area contributed by atoms with Crippen LogP contribution in [0.25, 0.3) is 0 Å². The highest BCUT2D eigenvalue weighted by Crippen LogP contribution is 2.21. The van der Waals surface area contributed by atoms with Crippen molar-refractivity contribution >= 4 is 11.6 Å². The summed E-state index contributed by atoms with van der Waals surface area (Å²) in [5.41, 5.74) is 0.540. The lowest BCUT2D eigenvalue weighted by atomic mass is 10.0. The molecule has 1 heterocycles. The number of rotatable bonds is 5. The van der Waals surface area contributed by atoms with Crippen LogP contribution < -0.4 is 10.1 Å². The van der Waals surface area contributed by atoms with Crippen LogP contribution in [0.2, 0.25) is 0 Å². The van der Waals surface area contributed by atoms with E-state index in [1.165, 1.54) is 24.3 Å². The standard InChI is InChI=1S/C16H18F2N2O2/c1-2-10-20-11-4-3-5-14(20)15(21)19-12-6-8-13(9-7-12)22-16(17)18/h1,6-9,14,16H,3-5,10-11H2,(H,19,21). The van der Waals surface area contributed by atoms with Gasteiger partial charge in [0.25, 0.3) is 0 Å². The summed E-state index contributed by atoms with van der Waals surface area (Å²) >= 11 is 0. The number of nitrogens with zero attached hydrogens (tertiary/aromatic N) is 1. The second kappa shape index (κ2) is 7.76. The summed E-state index contributed by atoms with van der Waals surface area (Å²) in [6.45, 7) is -1.61. The summed E-state index contributed by atoms with van der Waals surface area (Å²) in [5.74, 6) is 2.50. The highest BCUT2D eigenvalue weighted by Gasteiger charge is 2.27. The molecule has 2 rings (SSSR count). The average Bonchev–Trinajstić information content (AvgIpc) is 2.49. The molecule has 1 aliphatic heterocycles. The first-order valence-corrected chi connectivity index (χ1v) is 7.13. The van der Waals surface area contributed by atoms with E-state index in [2.05, 4.69) is 16.0 Å². The van der Waals surface area contributed by atoms with Gasteiger partial charge in [-0.05, 0) is 43.7 Å². The first-order valence-electron chi connectivity index (χ1n) is 7.13. The van der Waals surface area contributed by atoms with E-state index < -0.39 is 6.61 Å². The lowest BCUT2D eigenvalue weighted by Gasteiger charge is -2.33. The van der Waals surface area contributed by atoms with Gasteiger partial charge in [0.1, 0.15) is 5.75 Å². The molecule has 1 unspecified atom stereocenters. The van der Waals surface area contributed by atoms with Gasteiger partial charge in [0.15, 0.2) is 0 Å². The normalized spacial score (nSPS) is 18.7. The molecule has 1 fully saturated rings. The number of ether oxygens (including phenoxy) is 1. The van der Waals surface area contributed by atoms with Gasteiger partial charge in [-0.3, -0.25) is 9.69 Å². The summed E-state index contributed by atoms with van der Waals surface area (Å²) in [6, 6.07) is 5.60. The number of likely N-dealkylation sites (tertiary alicyclic amines) is 1. The van der Waals surface area contributed by atoms with Crippen LogP contribution in [0.4, 0.5) is 14.5 Å². The number of hydrogen-bond donors (Lipinski definition) is 1. The summed E-state index contributed by atoms with van der Waals surface area (Å²) in [5, 5.41) is 2.79. The maximum absolute atomic E-state index is 12.3. The SMILES string of the molecule is C#CCN1CCCCC1C(=O)Nc1ccc(OC(F)F)cc1. The Morgan fingerprint density at radius 1 is 1.41 bits per heavy atom. The van der Waals surface area contributed by atoms with Gasteiger partial charge in [0, 0.05) is 5.69 Å². The number of terminal acetylenes is 1. The van der Waals surface area contributed by atoms with Gasteiger partial charge in [-0.1, -0.05) is 12.3 Å². The summed E-state index contributed by atoms with van der Waals surface area (Å²) in [7, 11) is 0. The van der Waals surface area contributed by atoms with Crippen molar-refractivity contribution < 1.29 is 18.3 Å². The molecule has 118 valence electrons. The van der Waals surface area contributed by atoms with E-state index in [1.54, 1.807) is 0 Å². The fraction of sp³-hybridized carbons (Fsp3) is 0.438. The second-order valence-electron chi connectivity index (χ2n) is 5.08. The summed E-state index contributed by atoms with van der Waals surface area (Å²) in [4.78, 5) is 14.3. The fourth-order valence-corrected chi connectivity index (χ4v) is 2.54. The summed E-state index contributed by atoms with van der Waals surface area (Å²) < 4.78 is 28.4. The lowest BCUT2D eigenvalue weighted by Crippen LogP contribution is -2.47. The van der Waals surface area contributed by atoms with E-state index in [-0.39, 0.29) is 17.7 Å². The second-order valence-corrected chi connectivity index (χ2v) is 5.08. The van der Waals surface area contributed by atoms with Crippen LogP contribution in [0.15, 0.2) is 24.3 Å². The Balaban J connectivity index is 1.97. The number of piperidine rings is 1. The number of amides is 1. The number of halogens is 2. The van der Waals surface area contributed by atoms with Crippen molar-refractivity contribution in [2.45, 2.75) is 31.9 Å². The monoisotopic (exact) mass is 308 g/mol. The molecule has 0 spiro atoms. The van der Waals surface area contributed by atoms with Crippen LogP contribution in [0.1, 0.15) is 19.3 Å². The van der Waals surface area contributed by atoms with Crippen molar-refractivity contribution in [3.63, 3.8) is 0 Å². The van der Waals surface area contributed by atoms with Crippen LogP contribution in [-0.4, -0.2) is 36.5 Å². The minimum atomic E-state index is -2.86. The third kappa shape index (κ3) is 4.43. The Morgan fingerprint density at radius 2 is 2.14 bits per heavy atom. The maximum Gasteiger partial charge on any atom is 0.387 e. The Morgan fingerprint density at radius 3 is 2.77 bits per heavy atom. The molecule has 4 nitrogen and oxygen atoms in total. The number of nitrogens with one attached hydrogen (secondary N) is 1. The molecule has 6 heteroatoms. The smallest absolute Gasteiger partial charge is 0.387 e. The topological polar surface area (TPSA) is 41.6 Å². The number of hydrogen-bond acceptors (Lipinski definition) is 3. The molecular formula is C16H18F2N2O2. The van der Waals surface area contributed by atoms with Crippen molar-refractivity contribution in [1.29, 1.82) is 0 Å². The lowest BCUT2D eigenvalue weighted by molar-refractivity contribution is -0.122. The van der Waals surface area contributed by atoms with E-state index in [1.807, 2.05) is 4.90 Å². The van der Waals surface area contributed by atoms with Crippen molar-refractivity contribution in [2.75, 3.05) is 18.4 Å². The molecule has 1 aromatic rings. The third-order valence-electron chi connectivity index (χ3n) is 3.56. The van der Waals surface area contributed by atoms with Crippen LogP contribution in [-0.2, 0) is 4.79 Å². The Kier molecular flexibility index (Phi) is 5.73. The highest BCUT2D eigenvalue weighted by atomic mass is 19.3. The van der Waals surface area contributed by atoms with Gasteiger partial charge < -0.3 is 10.1 Å². The minimum absolute atomic E-state index is 0.0552. The van der Waals surface area contributed by atoms with E-state index in [4.69, 9.17) is 6.42 Å². The molecule has 1 amide bonds. The molecule has 22 heavy (non-hydrogen) atoms. The van der Waals surface area contributed by atoms with Gasteiger partial charge >= 0.3 is 6.61 Å². The molecule has 0 aliphatic carbocycles. The number of carbonyl (C=O) groups is 1. The molecule has 1 atom stereocenters. The van der Waals surface area contributed by atoms with E-state index >= 15 is 0 Å². The van der Waals surface area contributed by atoms with Crippen LogP contribution >= 0.6 is 0 Å². The largest absolute Gasteiger partial charge is 0.435 e. The molecule has 0 bridgehead atoms. The number of anilines is 1. The summed E-state index contributed by atoms with van der Waals surface area (Å²) in [6.07, 6.45) is 8.12. The van der Waals surface area contributed by atoms with Gasteiger partial charge in [0.05, 0.1) is 12.6 Å². The maximum atomic E-state index is 12.3. The fourth-order valence-electron chi connectivity index (χ4n) is 2.54. The van der Waals surface area contributed by atoms with Crippen molar-refractivity contribution in [3.8, 4) is 18.1 Å². The zero-order valence-corrected chi connectivity index (χ0v) is 12.1. The van der Waals surface area contributed by atoms with E-state index in [0.717, 1.165) is 25.8 Å². The highest BCUT2D eigenvalue weighted by molar-refractivity contribution is 5.94. The molecule has 1 aliphatic rings. The molecule has 0 radical (unpaired) electrons. The van der Waals surface area contributed by atoms with Gasteiger partial charge in [-0.25, -0.2) is 0 Å². The quantitative estimate of drug-likeness (QED) is 0.850. The predicted molar refractivity (Wildman–Crippen MR) is 79.7 cm³/mol. The molecule has 0 aromatic heterocycles. The van der Waals surface area contributed by atoms with E-state index in [0.29, 0.717) is 12.2 Å². The molecule has 1 N–H and O–H groups in total. The first-order chi connectivity index (χ1) is 10.6. The van der Waals surface area contributed by atoms with Crippen molar-refractivity contribution in [2.24, 2.45) is 0 Å². The molecule has 1 aromatic carbocycles.